The second kappa shape index (κ2) is 7.35. The van der Waals surface area contributed by atoms with Crippen LogP contribution in [0.5, 0.6) is 5.75 Å². The van der Waals surface area contributed by atoms with Crippen molar-refractivity contribution in [1.29, 1.82) is 0 Å². The first-order chi connectivity index (χ1) is 10.5. The highest BCUT2D eigenvalue weighted by atomic mass is 19.3. The maximum atomic E-state index is 12.4. The summed E-state index contributed by atoms with van der Waals surface area (Å²) >= 11 is 0. The smallest absolute Gasteiger partial charge is 0.387 e. The molecule has 1 saturated heterocycles. The molecule has 1 aliphatic heterocycles. The number of likely N-dealkylation sites (tertiary alicyclic amines) is 1. The lowest BCUT2D eigenvalue weighted by molar-refractivity contribution is -0.125. The van der Waals surface area contributed by atoms with E-state index in [0.29, 0.717) is 24.2 Å². The predicted molar refractivity (Wildman–Crippen MR) is 78.5 cm³/mol. The number of hydrogen-bond donors (Lipinski definition) is 1. The number of alkyl halides is 2. The lowest BCUT2D eigenvalue weighted by Crippen LogP contribution is -2.27. The largest absolute Gasteiger partial charge is 0.434 e. The molecule has 1 aliphatic rings. The molecule has 120 valence electrons. The third kappa shape index (κ3) is 4.04. The lowest BCUT2D eigenvalue weighted by atomic mass is 10.1. The number of carbonyl (C=O) groups excluding carboxylic acids is 1. The predicted octanol–water partition coefficient (Wildman–Crippen LogP) is 2.53. The van der Waals surface area contributed by atoms with Crippen molar-refractivity contribution in [3.8, 4) is 5.75 Å². The van der Waals surface area contributed by atoms with E-state index in [0.717, 1.165) is 6.42 Å². The molecule has 0 spiro atoms. The molecule has 1 fully saturated rings. The Morgan fingerprint density at radius 2 is 2.23 bits per heavy atom. The molecule has 6 heteroatoms. The first-order valence-electron chi connectivity index (χ1n) is 7.13. The molecule has 0 aromatic heterocycles. The van der Waals surface area contributed by atoms with Gasteiger partial charge in [0, 0.05) is 37.3 Å². The molecule has 1 N–H and O–H groups in total. The van der Waals surface area contributed by atoms with Gasteiger partial charge in [0.2, 0.25) is 5.91 Å². The Bertz CT molecular complexity index is 560. The Morgan fingerprint density at radius 1 is 1.50 bits per heavy atom. The molecule has 4 nitrogen and oxygen atoms in total. The van der Waals surface area contributed by atoms with Crippen molar-refractivity contribution < 1.29 is 23.4 Å². The van der Waals surface area contributed by atoms with Crippen molar-refractivity contribution in [2.24, 2.45) is 5.92 Å². The van der Waals surface area contributed by atoms with Gasteiger partial charge >= 0.3 is 6.61 Å². The summed E-state index contributed by atoms with van der Waals surface area (Å²) in [4.78, 5) is 13.9. The van der Waals surface area contributed by atoms with E-state index in [9.17, 15) is 13.6 Å². The van der Waals surface area contributed by atoms with Gasteiger partial charge in [-0.3, -0.25) is 4.79 Å². The van der Waals surface area contributed by atoms with Gasteiger partial charge in [0.15, 0.2) is 0 Å². The highest BCUT2D eigenvalue weighted by Crippen LogP contribution is 2.27. The van der Waals surface area contributed by atoms with Crippen LogP contribution in [0.4, 0.5) is 8.78 Å². The maximum absolute atomic E-state index is 12.4. The van der Waals surface area contributed by atoms with E-state index >= 15 is 0 Å². The molecule has 2 rings (SSSR count). The number of hydrogen-bond acceptors (Lipinski definition) is 3. The van der Waals surface area contributed by atoms with Crippen LogP contribution in [0.1, 0.15) is 18.9 Å². The first-order valence-corrected chi connectivity index (χ1v) is 7.13. The Kier molecular flexibility index (Phi) is 5.49. The van der Waals surface area contributed by atoms with Gasteiger partial charge in [-0.25, -0.2) is 0 Å². The molecular weight excluding hydrogens is 292 g/mol. The minimum Gasteiger partial charge on any atom is -0.434 e. The summed E-state index contributed by atoms with van der Waals surface area (Å²) in [6, 6.07) is 6.38. The van der Waals surface area contributed by atoms with Gasteiger partial charge in [0.05, 0.1) is 0 Å². The maximum Gasteiger partial charge on any atom is 0.387 e. The first kappa shape index (κ1) is 16.4. The average Bonchev–Trinajstić information content (AvgIpc) is 2.96. The van der Waals surface area contributed by atoms with E-state index < -0.39 is 6.61 Å². The number of amides is 1. The van der Waals surface area contributed by atoms with Crippen LogP contribution in [-0.4, -0.2) is 42.2 Å². The normalized spacial score (nSPS) is 18.9. The number of rotatable bonds is 5. The van der Waals surface area contributed by atoms with Crippen LogP contribution in [0.15, 0.2) is 30.3 Å². The van der Waals surface area contributed by atoms with Gasteiger partial charge in [-0.05, 0) is 25.0 Å². The van der Waals surface area contributed by atoms with Crippen molar-refractivity contribution in [2.45, 2.75) is 20.0 Å². The van der Waals surface area contributed by atoms with E-state index in [-0.39, 0.29) is 24.2 Å². The molecule has 1 aromatic carbocycles. The molecule has 0 bridgehead atoms. The summed E-state index contributed by atoms with van der Waals surface area (Å²) in [5.41, 5.74) is 1.03. The molecule has 1 atom stereocenters. The molecule has 1 aromatic rings. The van der Waals surface area contributed by atoms with Gasteiger partial charge in [0.25, 0.3) is 0 Å². The van der Waals surface area contributed by atoms with Crippen molar-refractivity contribution in [1.82, 2.24) is 4.90 Å². The van der Waals surface area contributed by atoms with Crippen LogP contribution in [0.3, 0.4) is 0 Å². The number of aliphatic hydroxyl groups is 1. The van der Waals surface area contributed by atoms with Crippen molar-refractivity contribution >= 4 is 11.5 Å². The van der Waals surface area contributed by atoms with E-state index in [1.54, 1.807) is 30.0 Å². The van der Waals surface area contributed by atoms with Crippen molar-refractivity contribution in [3.05, 3.63) is 35.9 Å². The lowest BCUT2D eigenvalue weighted by Gasteiger charge is -2.15. The van der Waals surface area contributed by atoms with Gasteiger partial charge < -0.3 is 14.7 Å². The van der Waals surface area contributed by atoms with Gasteiger partial charge in [-0.15, -0.1) is 0 Å². The number of carbonyl (C=O) groups is 1. The zero-order valence-corrected chi connectivity index (χ0v) is 12.3. The number of halogens is 2. The van der Waals surface area contributed by atoms with Gasteiger partial charge in [-0.1, -0.05) is 18.2 Å². The monoisotopic (exact) mass is 311 g/mol. The Balaban J connectivity index is 2.13. The zero-order chi connectivity index (χ0) is 16.1. The molecule has 0 aliphatic carbocycles. The van der Waals surface area contributed by atoms with E-state index in [2.05, 4.69) is 4.74 Å². The quantitative estimate of drug-likeness (QED) is 0.850. The fourth-order valence-electron chi connectivity index (χ4n) is 2.53. The third-order valence-electron chi connectivity index (χ3n) is 3.72. The summed E-state index contributed by atoms with van der Waals surface area (Å²) in [6.45, 7) is -0.0337. The van der Waals surface area contributed by atoms with Crippen LogP contribution in [0.25, 0.3) is 5.57 Å². The van der Waals surface area contributed by atoms with Crippen molar-refractivity contribution in [2.75, 3.05) is 19.7 Å². The second-order valence-corrected chi connectivity index (χ2v) is 5.32. The Labute approximate surface area is 128 Å². The molecule has 0 radical (unpaired) electrons. The van der Waals surface area contributed by atoms with Crippen LogP contribution in [-0.2, 0) is 4.79 Å². The minimum atomic E-state index is -2.91. The van der Waals surface area contributed by atoms with Crippen LogP contribution in [0, 0.1) is 5.92 Å². The molecule has 0 saturated carbocycles. The molecule has 22 heavy (non-hydrogen) atoms. The van der Waals surface area contributed by atoms with Crippen molar-refractivity contribution in [3.63, 3.8) is 0 Å². The SMILES string of the molecule is C/C(=C/C(=O)N1CCC(CO)C1)c1ccccc1OC(F)F. The standard InChI is InChI=1S/C16H19F2NO3/c1-11(8-15(21)19-7-6-12(9-19)10-20)13-4-2-3-5-14(13)22-16(17)18/h2-5,8,12,16,20H,6-7,9-10H2,1H3/b11-8-. The summed E-state index contributed by atoms with van der Waals surface area (Å²) in [6.07, 6.45) is 2.20. The average molecular weight is 311 g/mol. The van der Waals surface area contributed by atoms with E-state index in [1.165, 1.54) is 12.1 Å². The highest BCUT2D eigenvalue weighted by molar-refractivity contribution is 5.95. The van der Waals surface area contributed by atoms with Crippen LogP contribution in [0.2, 0.25) is 0 Å². The number of nitrogens with zero attached hydrogens (tertiary/aromatic N) is 1. The number of para-hydroxylation sites is 1. The van der Waals surface area contributed by atoms with Crippen LogP contribution < -0.4 is 4.74 Å². The number of allylic oxidation sites excluding steroid dienone is 1. The number of aliphatic hydroxyl groups excluding tert-OH is 1. The fraction of sp³-hybridized carbons (Fsp3) is 0.438. The van der Waals surface area contributed by atoms with E-state index in [4.69, 9.17) is 5.11 Å². The molecule has 1 heterocycles. The number of ether oxygens (including phenoxy) is 1. The van der Waals surface area contributed by atoms with Gasteiger partial charge in [0.1, 0.15) is 5.75 Å². The van der Waals surface area contributed by atoms with E-state index in [1.807, 2.05) is 0 Å². The molecular formula is C16H19F2NO3. The molecule has 1 amide bonds. The Hall–Kier alpha value is -1.95. The summed E-state index contributed by atoms with van der Waals surface area (Å²) in [7, 11) is 0. The topological polar surface area (TPSA) is 49.8 Å². The summed E-state index contributed by atoms with van der Waals surface area (Å²) in [5.74, 6) is -0.0129. The van der Waals surface area contributed by atoms with Gasteiger partial charge in [-0.2, -0.15) is 8.78 Å². The fourth-order valence-corrected chi connectivity index (χ4v) is 2.53. The Morgan fingerprint density at radius 3 is 2.86 bits per heavy atom. The highest BCUT2D eigenvalue weighted by Gasteiger charge is 2.24. The third-order valence-corrected chi connectivity index (χ3v) is 3.72. The van der Waals surface area contributed by atoms with Crippen LogP contribution >= 0.6 is 0 Å². The summed E-state index contributed by atoms with van der Waals surface area (Å²) in [5, 5.41) is 9.10. The molecule has 1 unspecified atom stereocenters. The second-order valence-electron chi connectivity index (χ2n) is 5.32. The summed E-state index contributed by atoms with van der Waals surface area (Å²) < 4.78 is 29.3. The number of benzene rings is 1. The minimum absolute atomic E-state index is 0.0497. The zero-order valence-electron chi connectivity index (χ0n) is 12.3.